The van der Waals surface area contributed by atoms with Crippen LogP contribution in [0.4, 0.5) is 17.1 Å². The number of ether oxygens (including phenoxy) is 1. The quantitative estimate of drug-likeness (QED) is 0.404. The predicted octanol–water partition coefficient (Wildman–Crippen LogP) is 4.80. The van der Waals surface area contributed by atoms with Crippen molar-refractivity contribution in [2.45, 2.75) is 26.9 Å². The molecule has 0 unspecified atom stereocenters. The second-order valence-corrected chi connectivity index (χ2v) is 6.66. The molecular formula is C21H19N3O7. The summed E-state index contributed by atoms with van der Waals surface area (Å²) in [6.45, 7) is 3.43. The lowest BCUT2D eigenvalue weighted by atomic mass is 10.1. The van der Waals surface area contributed by atoms with Crippen LogP contribution in [0.5, 0.6) is 5.75 Å². The third kappa shape index (κ3) is 5.04. The number of anilines is 1. The fourth-order valence-electron chi connectivity index (χ4n) is 2.88. The lowest BCUT2D eigenvalue weighted by Gasteiger charge is -2.06. The molecule has 0 fully saturated rings. The Morgan fingerprint density at radius 2 is 1.65 bits per heavy atom. The molecule has 0 aliphatic rings. The van der Waals surface area contributed by atoms with Gasteiger partial charge in [-0.05, 0) is 43.2 Å². The van der Waals surface area contributed by atoms with Crippen LogP contribution in [-0.2, 0) is 13.0 Å². The van der Waals surface area contributed by atoms with E-state index in [-0.39, 0.29) is 23.6 Å². The molecule has 10 nitrogen and oxygen atoms in total. The molecule has 0 aliphatic carbocycles. The number of nitro benzene ring substituents is 2. The van der Waals surface area contributed by atoms with Crippen LogP contribution >= 0.6 is 0 Å². The molecule has 0 saturated heterocycles. The number of nitrogens with zero attached hydrogens (tertiary/aromatic N) is 2. The summed E-state index contributed by atoms with van der Waals surface area (Å²) in [4.78, 5) is 33.3. The van der Waals surface area contributed by atoms with E-state index in [1.54, 1.807) is 6.07 Å². The summed E-state index contributed by atoms with van der Waals surface area (Å²) in [5.41, 5.74) is 0.0664. The molecule has 0 atom stereocenters. The van der Waals surface area contributed by atoms with Crippen LogP contribution in [0.15, 0.2) is 52.9 Å². The van der Waals surface area contributed by atoms with Crippen LogP contribution in [0.1, 0.15) is 34.4 Å². The SMILES string of the molecule is CCc1ccc(OCc2ccc(C(=O)Nc3cc([N+](=O)[O-])c(C)c([N+](=O)[O-])c3)o2)cc1. The second-order valence-electron chi connectivity index (χ2n) is 6.66. The first-order chi connectivity index (χ1) is 14.8. The molecule has 10 heteroatoms. The van der Waals surface area contributed by atoms with Gasteiger partial charge in [0, 0.05) is 12.1 Å². The average molecular weight is 425 g/mol. The highest BCUT2D eigenvalue weighted by Gasteiger charge is 2.24. The summed E-state index contributed by atoms with van der Waals surface area (Å²) in [5, 5.41) is 24.7. The predicted molar refractivity (Wildman–Crippen MR) is 111 cm³/mol. The number of aryl methyl sites for hydroxylation is 1. The van der Waals surface area contributed by atoms with E-state index in [1.807, 2.05) is 24.3 Å². The highest BCUT2D eigenvalue weighted by atomic mass is 16.6. The maximum absolute atomic E-state index is 12.4. The molecule has 3 rings (SSSR count). The van der Waals surface area contributed by atoms with E-state index < -0.39 is 27.1 Å². The van der Waals surface area contributed by atoms with Crippen molar-refractivity contribution in [1.29, 1.82) is 0 Å². The first kappa shape index (κ1) is 21.5. The summed E-state index contributed by atoms with van der Waals surface area (Å²) in [6.07, 6.45) is 0.921. The molecule has 0 saturated carbocycles. The van der Waals surface area contributed by atoms with E-state index in [0.29, 0.717) is 11.5 Å². The van der Waals surface area contributed by atoms with Gasteiger partial charge in [0.1, 0.15) is 23.7 Å². The zero-order valence-corrected chi connectivity index (χ0v) is 16.8. The number of rotatable bonds is 8. The minimum Gasteiger partial charge on any atom is -0.486 e. The van der Waals surface area contributed by atoms with Crippen molar-refractivity contribution in [2.24, 2.45) is 0 Å². The molecule has 1 heterocycles. The third-order valence-electron chi connectivity index (χ3n) is 4.60. The molecule has 3 aromatic rings. The van der Waals surface area contributed by atoms with Crippen LogP contribution in [0.3, 0.4) is 0 Å². The van der Waals surface area contributed by atoms with Gasteiger partial charge in [0.2, 0.25) is 0 Å². The van der Waals surface area contributed by atoms with Crippen molar-refractivity contribution >= 4 is 23.0 Å². The lowest BCUT2D eigenvalue weighted by Crippen LogP contribution is -2.12. The fourth-order valence-corrected chi connectivity index (χ4v) is 2.88. The molecule has 2 aromatic carbocycles. The number of amides is 1. The summed E-state index contributed by atoms with van der Waals surface area (Å²) >= 11 is 0. The molecule has 31 heavy (non-hydrogen) atoms. The van der Waals surface area contributed by atoms with Gasteiger partial charge in [0.05, 0.1) is 15.5 Å². The molecular weight excluding hydrogens is 406 g/mol. The van der Waals surface area contributed by atoms with Gasteiger partial charge in [-0.1, -0.05) is 19.1 Å². The lowest BCUT2D eigenvalue weighted by molar-refractivity contribution is -0.395. The number of carbonyl (C=O) groups excluding carboxylic acids is 1. The van der Waals surface area contributed by atoms with Crippen molar-refractivity contribution < 1.29 is 23.8 Å². The van der Waals surface area contributed by atoms with E-state index in [1.165, 1.54) is 18.6 Å². The number of furan rings is 1. The van der Waals surface area contributed by atoms with Gasteiger partial charge >= 0.3 is 0 Å². The summed E-state index contributed by atoms with van der Waals surface area (Å²) in [5.74, 6) is 0.279. The Labute approximate surface area is 176 Å². The average Bonchev–Trinajstić information content (AvgIpc) is 3.22. The normalized spacial score (nSPS) is 10.5. The smallest absolute Gasteiger partial charge is 0.291 e. The van der Waals surface area contributed by atoms with Gasteiger partial charge in [-0.25, -0.2) is 0 Å². The zero-order chi connectivity index (χ0) is 22.5. The van der Waals surface area contributed by atoms with E-state index in [0.717, 1.165) is 18.6 Å². The molecule has 0 spiro atoms. The number of benzene rings is 2. The maximum atomic E-state index is 12.4. The van der Waals surface area contributed by atoms with Gasteiger partial charge in [0.25, 0.3) is 17.3 Å². The van der Waals surface area contributed by atoms with Gasteiger partial charge in [-0.2, -0.15) is 0 Å². The van der Waals surface area contributed by atoms with E-state index in [2.05, 4.69) is 12.2 Å². The third-order valence-corrected chi connectivity index (χ3v) is 4.60. The molecule has 1 amide bonds. The van der Waals surface area contributed by atoms with Crippen LogP contribution in [-0.4, -0.2) is 15.8 Å². The van der Waals surface area contributed by atoms with Gasteiger partial charge in [-0.15, -0.1) is 0 Å². The number of hydrogen-bond acceptors (Lipinski definition) is 7. The minimum absolute atomic E-state index is 0.0641. The van der Waals surface area contributed by atoms with Crippen molar-refractivity contribution in [2.75, 3.05) is 5.32 Å². The Morgan fingerprint density at radius 3 is 2.19 bits per heavy atom. The molecule has 1 N–H and O–H groups in total. The van der Waals surface area contributed by atoms with Crippen molar-refractivity contribution in [1.82, 2.24) is 0 Å². The first-order valence-corrected chi connectivity index (χ1v) is 9.33. The fraction of sp³-hybridized carbons (Fsp3) is 0.190. The summed E-state index contributed by atoms with van der Waals surface area (Å²) in [7, 11) is 0. The number of hydrogen-bond donors (Lipinski definition) is 1. The number of nitro groups is 2. The van der Waals surface area contributed by atoms with E-state index in [9.17, 15) is 25.0 Å². The Kier molecular flexibility index (Phi) is 6.29. The van der Waals surface area contributed by atoms with Crippen LogP contribution < -0.4 is 10.1 Å². The molecule has 0 bridgehead atoms. The Hall–Kier alpha value is -4.21. The Morgan fingerprint density at radius 1 is 1.03 bits per heavy atom. The second kappa shape index (κ2) is 9.08. The minimum atomic E-state index is -0.743. The topological polar surface area (TPSA) is 138 Å². The number of carbonyl (C=O) groups is 1. The van der Waals surface area contributed by atoms with Crippen LogP contribution in [0.2, 0.25) is 0 Å². The zero-order valence-electron chi connectivity index (χ0n) is 16.8. The largest absolute Gasteiger partial charge is 0.486 e. The first-order valence-electron chi connectivity index (χ1n) is 9.33. The Balaban J connectivity index is 1.70. The highest BCUT2D eigenvalue weighted by Crippen LogP contribution is 2.32. The molecule has 0 aliphatic heterocycles. The summed E-state index contributed by atoms with van der Waals surface area (Å²) in [6, 6.07) is 12.7. The summed E-state index contributed by atoms with van der Waals surface area (Å²) < 4.78 is 11.1. The standard InChI is InChI=1S/C21H19N3O7/c1-3-14-4-6-16(7-5-14)30-12-17-8-9-20(31-17)21(25)22-15-10-18(23(26)27)13(2)19(11-15)24(28)29/h4-11H,3,12H2,1-2H3,(H,22,25). The van der Waals surface area contributed by atoms with E-state index in [4.69, 9.17) is 9.15 Å². The van der Waals surface area contributed by atoms with E-state index >= 15 is 0 Å². The van der Waals surface area contributed by atoms with Crippen molar-refractivity contribution in [3.05, 3.63) is 91.4 Å². The highest BCUT2D eigenvalue weighted by molar-refractivity contribution is 6.02. The van der Waals surface area contributed by atoms with Gasteiger partial charge in [0.15, 0.2) is 5.76 Å². The van der Waals surface area contributed by atoms with Crippen LogP contribution in [0.25, 0.3) is 0 Å². The van der Waals surface area contributed by atoms with Gasteiger partial charge in [-0.3, -0.25) is 25.0 Å². The molecule has 1 aromatic heterocycles. The monoisotopic (exact) mass is 425 g/mol. The van der Waals surface area contributed by atoms with Gasteiger partial charge < -0.3 is 14.5 Å². The number of nitrogens with one attached hydrogen (secondary N) is 1. The maximum Gasteiger partial charge on any atom is 0.291 e. The molecule has 0 radical (unpaired) electrons. The molecule has 160 valence electrons. The van der Waals surface area contributed by atoms with Crippen molar-refractivity contribution in [3.8, 4) is 5.75 Å². The van der Waals surface area contributed by atoms with Crippen LogP contribution in [0, 0.1) is 27.2 Å². The van der Waals surface area contributed by atoms with Crippen molar-refractivity contribution in [3.63, 3.8) is 0 Å². The Bertz CT molecular complexity index is 1100.